The molecule has 2 aromatic heterocycles. The molecule has 0 radical (unpaired) electrons. The fourth-order valence-corrected chi connectivity index (χ4v) is 3.58. The molecule has 0 spiro atoms. The van der Waals surface area contributed by atoms with Gasteiger partial charge in [-0.15, -0.1) is 0 Å². The summed E-state index contributed by atoms with van der Waals surface area (Å²) in [6, 6.07) is 5.88. The standard InChI is InChI=1S/C28H38N8O5/c1-27(2,3)40-25(38)20(8-7-13-30-26(39)41-28(4,5)6)36-24(37)17-9-11-18(12-10-17)31-14-19-15-32-23-21(35-19)22(29)33-16-34-23/h9-12,15-16,20,31H,7-8,13-14H2,1-6H3,(H,30,39)(H,36,37)(H2,29,32,33,34)/t20-/m0/s1. The Morgan fingerprint density at radius 3 is 2.29 bits per heavy atom. The van der Waals surface area contributed by atoms with Gasteiger partial charge in [0.1, 0.15) is 23.6 Å². The van der Waals surface area contributed by atoms with E-state index in [-0.39, 0.29) is 18.8 Å². The van der Waals surface area contributed by atoms with E-state index in [4.69, 9.17) is 15.2 Å². The number of nitrogen functional groups attached to an aromatic ring is 1. The average Bonchev–Trinajstić information content (AvgIpc) is 2.87. The largest absolute Gasteiger partial charge is 0.458 e. The molecule has 13 nitrogen and oxygen atoms in total. The van der Waals surface area contributed by atoms with Crippen molar-refractivity contribution < 1.29 is 23.9 Å². The number of nitrogens with two attached hydrogens (primary N) is 1. The van der Waals surface area contributed by atoms with Crippen LogP contribution in [0.1, 0.15) is 70.4 Å². The minimum atomic E-state index is -0.900. The quantitative estimate of drug-likeness (QED) is 0.208. The molecule has 1 atom stereocenters. The molecule has 0 aliphatic rings. The molecule has 220 valence electrons. The van der Waals surface area contributed by atoms with Gasteiger partial charge in [0.2, 0.25) is 0 Å². The van der Waals surface area contributed by atoms with E-state index in [0.717, 1.165) is 5.69 Å². The van der Waals surface area contributed by atoms with Crippen LogP contribution in [0.5, 0.6) is 0 Å². The number of esters is 1. The number of hydrogen-bond donors (Lipinski definition) is 4. The molecule has 0 saturated carbocycles. The number of amides is 2. The summed E-state index contributed by atoms with van der Waals surface area (Å²) in [5.74, 6) is -0.726. The molecule has 2 amide bonds. The molecule has 0 aliphatic carbocycles. The normalized spacial score (nSPS) is 12.3. The van der Waals surface area contributed by atoms with Gasteiger partial charge in [0.15, 0.2) is 17.0 Å². The number of benzene rings is 1. The molecular formula is C28H38N8O5. The first-order valence-corrected chi connectivity index (χ1v) is 13.3. The molecule has 3 aromatic rings. The number of rotatable bonds is 10. The third-order valence-corrected chi connectivity index (χ3v) is 5.38. The third kappa shape index (κ3) is 10.2. The van der Waals surface area contributed by atoms with Gasteiger partial charge in [0, 0.05) is 17.8 Å². The van der Waals surface area contributed by atoms with E-state index < -0.39 is 35.2 Å². The maximum Gasteiger partial charge on any atom is 0.407 e. The van der Waals surface area contributed by atoms with Gasteiger partial charge in [-0.1, -0.05) is 0 Å². The molecule has 3 rings (SSSR count). The second-order valence-corrected chi connectivity index (χ2v) is 11.4. The number of fused-ring (bicyclic) bond motifs is 1. The SMILES string of the molecule is CC(C)(C)OC(=O)NCCC[C@H](NC(=O)c1ccc(NCc2cnc3ncnc(N)c3n2)cc1)C(=O)OC(C)(C)C. The van der Waals surface area contributed by atoms with Gasteiger partial charge < -0.3 is 31.2 Å². The predicted octanol–water partition coefficient (Wildman–Crippen LogP) is 3.36. The van der Waals surface area contributed by atoms with Gasteiger partial charge in [-0.3, -0.25) is 4.79 Å². The first-order valence-electron chi connectivity index (χ1n) is 13.3. The minimum Gasteiger partial charge on any atom is -0.458 e. The minimum absolute atomic E-state index is 0.253. The Balaban J connectivity index is 1.58. The van der Waals surface area contributed by atoms with Gasteiger partial charge >= 0.3 is 12.1 Å². The predicted molar refractivity (Wildman–Crippen MR) is 154 cm³/mol. The van der Waals surface area contributed by atoms with E-state index in [0.29, 0.717) is 35.4 Å². The highest BCUT2D eigenvalue weighted by Gasteiger charge is 2.27. The van der Waals surface area contributed by atoms with E-state index in [1.807, 2.05) is 0 Å². The Morgan fingerprint density at radius 1 is 0.951 bits per heavy atom. The lowest BCUT2D eigenvalue weighted by Gasteiger charge is -2.25. The van der Waals surface area contributed by atoms with Crippen molar-refractivity contribution in [3.63, 3.8) is 0 Å². The first kappa shape index (κ1) is 31.0. The zero-order valence-electron chi connectivity index (χ0n) is 24.3. The summed E-state index contributed by atoms with van der Waals surface area (Å²) in [6.45, 7) is 11.2. The van der Waals surface area contributed by atoms with Crippen LogP contribution in [0.2, 0.25) is 0 Å². The highest BCUT2D eigenvalue weighted by Crippen LogP contribution is 2.16. The number of nitrogens with one attached hydrogen (secondary N) is 3. The Bertz CT molecular complexity index is 1370. The topological polar surface area (TPSA) is 183 Å². The van der Waals surface area contributed by atoms with Crippen molar-refractivity contribution in [2.75, 3.05) is 17.6 Å². The molecule has 0 aliphatic heterocycles. The number of carbonyl (C=O) groups is 3. The number of ether oxygens (including phenoxy) is 2. The van der Waals surface area contributed by atoms with Crippen molar-refractivity contribution in [1.82, 2.24) is 30.6 Å². The van der Waals surface area contributed by atoms with Crippen LogP contribution < -0.4 is 21.7 Å². The number of nitrogens with zero attached hydrogens (tertiary/aromatic N) is 4. The fourth-order valence-electron chi connectivity index (χ4n) is 3.58. The molecule has 0 bridgehead atoms. The van der Waals surface area contributed by atoms with Crippen LogP contribution >= 0.6 is 0 Å². The van der Waals surface area contributed by atoms with Gasteiger partial charge in [0.25, 0.3) is 5.91 Å². The maximum absolute atomic E-state index is 13.0. The van der Waals surface area contributed by atoms with Crippen molar-refractivity contribution in [2.24, 2.45) is 0 Å². The molecule has 5 N–H and O–H groups in total. The Kier molecular flexibility index (Phi) is 9.98. The number of aromatic nitrogens is 4. The van der Waals surface area contributed by atoms with Crippen molar-refractivity contribution in [3.05, 3.63) is 48.0 Å². The summed E-state index contributed by atoms with van der Waals surface area (Å²) in [4.78, 5) is 54.4. The van der Waals surface area contributed by atoms with Crippen molar-refractivity contribution in [2.45, 2.75) is 78.2 Å². The molecule has 0 saturated heterocycles. The zero-order valence-corrected chi connectivity index (χ0v) is 24.3. The van der Waals surface area contributed by atoms with E-state index in [2.05, 4.69) is 35.9 Å². The highest BCUT2D eigenvalue weighted by atomic mass is 16.6. The molecule has 0 fully saturated rings. The van der Waals surface area contributed by atoms with Gasteiger partial charge in [-0.25, -0.2) is 29.5 Å². The number of anilines is 2. The van der Waals surface area contributed by atoms with Crippen molar-refractivity contribution in [3.8, 4) is 0 Å². The summed E-state index contributed by atoms with van der Waals surface area (Å²) in [5.41, 5.74) is 7.13. The van der Waals surface area contributed by atoms with Crippen molar-refractivity contribution in [1.29, 1.82) is 0 Å². The highest BCUT2D eigenvalue weighted by molar-refractivity contribution is 5.97. The number of alkyl carbamates (subject to hydrolysis) is 1. The lowest BCUT2D eigenvalue weighted by atomic mass is 10.1. The Morgan fingerprint density at radius 2 is 1.63 bits per heavy atom. The summed E-state index contributed by atoms with van der Waals surface area (Å²) in [5, 5.41) is 8.64. The van der Waals surface area contributed by atoms with Crippen LogP contribution in [-0.2, 0) is 20.8 Å². The summed E-state index contributed by atoms with van der Waals surface area (Å²) < 4.78 is 10.7. The molecule has 41 heavy (non-hydrogen) atoms. The smallest absolute Gasteiger partial charge is 0.407 e. The lowest BCUT2D eigenvalue weighted by molar-refractivity contribution is -0.157. The third-order valence-electron chi connectivity index (χ3n) is 5.38. The van der Waals surface area contributed by atoms with Crippen LogP contribution in [0.15, 0.2) is 36.8 Å². The van der Waals surface area contributed by atoms with Crippen LogP contribution in [-0.4, -0.2) is 61.7 Å². The lowest BCUT2D eigenvalue weighted by Crippen LogP contribution is -2.44. The molecule has 13 heteroatoms. The average molecular weight is 567 g/mol. The van der Waals surface area contributed by atoms with E-state index in [1.54, 1.807) is 72.0 Å². The maximum atomic E-state index is 13.0. The summed E-state index contributed by atoms with van der Waals surface area (Å²) >= 11 is 0. The fraction of sp³-hybridized carbons (Fsp3) is 0.464. The molecule has 0 unspecified atom stereocenters. The number of hydrogen-bond acceptors (Lipinski definition) is 11. The van der Waals surface area contributed by atoms with Crippen LogP contribution in [0, 0.1) is 0 Å². The van der Waals surface area contributed by atoms with Crippen LogP contribution in [0.4, 0.5) is 16.3 Å². The van der Waals surface area contributed by atoms with E-state index >= 15 is 0 Å². The molecule has 1 aromatic carbocycles. The molecular weight excluding hydrogens is 528 g/mol. The Hall–Kier alpha value is -4.55. The second kappa shape index (κ2) is 13.2. The van der Waals surface area contributed by atoms with Crippen LogP contribution in [0.25, 0.3) is 11.2 Å². The number of carbonyl (C=O) groups excluding carboxylic acids is 3. The second-order valence-electron chi connectivity index (χ2n) is 11.4. The zero-order chi connectivity index (χ0) is 30.2. The Labute approximate surface area is 239 Å². The van der Waals surface area contributed by atoms with E-state index in [1.165, 1.54) is 6.33 Å². The monoisotopic (exact) mass is 566 g/mol. The first-order chi connectivity index (χ1) is 19.2. The van der Waals surface area contributed by atoms with E-state index in [9.17, 15) is 14.4 Å². The van der Waals surface area contributed by atoms with Gasteiger partial charge in [0.05, 0.1) is 18.4 Å². The summed E-state index contributed by atoms with van der Waals surface area (Å²) in [6.07, 6.45) is 3.07. The molecule has 2 heterocycles. The van der Waals surface area contributed by atoms with Crippen LogP contribution in [0.3, 0.4) is 0 Å². The van der Waals surface area contributed by atoms with Gasteiger partial charge in [-0.05, 0) is 78.6 Å². The van der Waals surface area contributed by atoms with Gasteiger partial charge in [-0.2, -0.15) is 0 Å². The van der Waals surface area contributed by atoms with Crippen molar-refractivity contribution >= 4 is 40.6 Å². The summed E-state index contributed by atoms with van der Waals surface area (Å²) in [7, 11) is 0.